The number of rotatable bonds is 6. The Morgan fingerprint density at radius 1 is 1.38 bits per heavy atom. The number of nitrogens with one attached hydrogen (secondary N) is 2. The number of carbonyl (C=O) groups excluding carboxylic acids is 1. The number of thioether (sulfide) groups is 1. The fourth-order valence-electron chi connectivity index (χ4n) is 2.50. The zero-order valence-corrected chi connectivity index (χ0v) is 13.2. The highest BCUT2D eigenvalue weighted by Gasteiger charge is 2.15. The highest BCUT2D eigenvalue weighted by atomic mass is 32.2. The number of benzene rings is 1. The van der Waals surface area contributed by atoms with Gasteiger partial charge in [-0.05, 0) is 57.0 Å². The summed E-state index contributed by atoms with van der Waals surface area (Å²) in [5.41, 5.74) is 1.04. The Labute approximate surface area is 130 Å². The van der Waals surface area contributed by atoms with Crippen molar-refractivity contribution in [3.05, 3.63) is 35.6 Å². The fraction of sp³-hybridized carbons (Fsp3) is 0.562. The number of hydrogen-bond donors (Lipinski definition) is 2. The van der Waals surface area contributed by atoms with E-state index in [0.29, 0.717) is 11.0 Å². The first kappa shape index (κ1) is 16.3. The molecule has 0 saturated carbocycles. The Balaban J connectivity index is 1.67. The maximum absolute atomic E-state index is 12.8. The Morgan fingerprint density at radius 2 is 2.05 bits per heavy atom. The molecule has 1 aliphatic heterocycles. The number of carbonyl (C=O) groups is 1. The van der Waals surface area contributed by atoms with Gasteiger partial charge in [-0.1, -0.05) is 12.1 Å². The van der Waals surface area contributed by atoms with Crippen LogP contribution in [0.4, 0.5) is 4.39 Å². The second kappa shape index (κ2) is 8.39. The summed E-state index contributed by atoms with van der Waals surface area (Å²) in [6.07, 6.45) is 3.01. The predicted octanol–water partition coefficient (Wildman–Crippen LogP) is 2.36. The van der Waals surface area contributed by atoms with Crippen molar-refractivity contribution in [1.29, 1.82) is 0 Å². The molecule has 1 unspecified atom stereocenters. The Bertz CT molecular complexity index is 446. The van der Waals surface area contributed by atoms with Crippen LogP contribution in [0.2, 0.25) is 0 Å². The van der Waals surface area contributed by atoms with Crippen molar-refractivity contribution in [2.24, 2.45) is 0 Å². The minimum Gasteiger partial charge on any atom is -0.353 e. The van der Waals surface area contributed by atoms with Crippen LogP contribution in [-0.2, 0) is 11.2 Å². The molecule has 0 aromatic heterocycles. The standard InChI is InChI=1S/C16H23FN2OS/c1-12(10-13-2-4-14(17)5-3-13)19-16(20)11-21-15-6-8-18-9-7-15/h2-5,12,15,18H,6-11H2,1H3,(H,19,20). The van der Waals surface area contributed by atoms with Gasteiger partial charge in [0, 0.05) is 11.3 Å². The second-order valence-electron chi connectivity index (χ2n) is 5.56. The Kier molecular flexibility index (Phi) is 6.51. The van der Waals surface area contributed by atoms with E-state index >= 15 is 0 Å². The maximum atomic E-state index is 12.8. The number of piperidine rings is 1. The molecule has 1 saturated heterocycles. The van der Waals surface area contributed by atoms with Gasteiger partial charge in [0.15, 0.2) is 0 Å². The van der Waals surface area contributed by atoms with Gasteiger partial charge in [0.05, 0.1) is 5.75 Å². The lowest BCUT2D eigenvalue weighted by atomic mass is 10.1. The second-order valence-corrected chi connectivity index (χ2v) is 6.85. The summed E-state index contributed by atoms with van der Waals surface area (Å²) in [5.74, 6) is 0.389. The molecule has 0 radical (unpaired) electrons. The van der Waals surface area contributed by atoms with E-state index < -0.39 is 0 Å². The van der Waals surface area contributed by atoms with Crippen LogP contribution >= 0.6 is 11.8 Å². The molecule has 1 amide bonds. The van der Waals surface area contributed by atoms with Crippen LogP contribution < -0.4 is 10.6 Å². The third-order valence-corrected chi connectivity index (χ3v) is 4.97. The zero-order chi connectivity index (χ0) is 15.1. The highest BCUT2D eigenvalue weighted by molar-refractivity contribution is 8.00. The summed E-state index contributed by atoms with van der Waals surface area (Å²) in [6, 6.07) is 6.51. The van der Waals surface area contributed by atoms with Crippen LogP contribution in [0.15, 0.2) is 24.3 Å². The molecule has 0 spiro atoms. The van der Waals surface area contributed by atoms with Crippen molar-refractivity contribution in [1.82, 2.24) is 10.6 Å². The van der Waals surface area contributed by atoms with Crippen LogP contribution in [0, 0.1) is 5.82 Å². The molecule has 5 heteroatoms. The minimum absolute atomic E-state index is 0.0663. The van der Waals surface area contributed by atoms with Crippen molar-refractivity contribution in [3.63, 3.8) is 0 Å². The van der Waals surface area contributed by atoms with Gasteiger partial charge in [0.25, 0.3) is 0 Å². The van der Waals surface area contributed by atoms with E-state index in [0.717, 1.165) is 37.9 Å². The average molecular weight is 310 g/mol. The molecule has 2 rings (SSSR count). The lowest BCUT2D eigenvalue weighted by molar-refractivity contribution is -0.119. The molecule has 3 nitrogen and oxygen atoms in total. The predicted molar refractivity (Wildman–Crippen MR) is 86.1 cm³/mol. The van der Waals surface area contributed by atoms with Gasteiger partial charge >= 0.3 is 0 Å². The van der Waals surface area contributed by atoms with Crippen LogP contribution in [0.25, 0.3) is 0 Å². The first-order chi connectivity index (χ1) is 10.1. The SMILES string of the molecule is CC(Cc1ccc(F)cc1)NC(=O)CSC1CCNCC1. The van der Waals surface area contributed by atoms with Crippen LogP contribution in [-0.4, -0.2) is 36.0 Å². The molecular weight excluding hydrogens is 287 g/mol. The Morgan fingerprint density at radius 3 is 2.71 bits per heavy atom. The molecule has 1 aromatic carbocycles. The molecule has 1 aromatic rings. The van der Waals surface area contributed by atoms with Crippen molar-refractivity contribution >= 4 is 17.7 Å². The summed E-state index contributed by atoms with van der Waals surface area (Å²) >= 11 is 1.75. The number of hydrogen-bond acceptors (Lipinski definition) is 3. The van der Waals surface area contributed by atoms with E-state index in [1.54, 1.807) is 23.9 Å². The number of halogens is 1. The Hall–Kier alpha value is -1.07. The van der Waals surface area contributed by atoms with E-state index in [2.05, 4.69) is 10.6 Å². The first-order valence-electron chi connectivity index (χ1n) is 7.49. The average Bonchev–Trinajstić information content (AvgIpc) is 2.48. The zero-order valence-electron chi connectivity index (χ0n) is 12.4. The van der Waals surface area contributed by atoms with Gasteiger partial charge in [0.2, 0.25) is 5.91 Å². The quantitative estimate of drug-likeness (QED) is 0.847. The van der Waals surface area contributed by atoms with Crippen molar-refractivity contribution in [3.8, 4) is 0 Å². The van der Waals surface area contributed by atoms with Gasteiger partial charge in [-0.3, -0.25) is 4.79 Å². The van der Waals surface area contributed by atoms with Crippen LogP contribution in [0.1, 0.15) is 25.3 Å². The smallest absolute Gasteiger partial charge is 0.230 e. The molecule has 0 aliphatic carbocycles. The molecule has 1 heterocycles. The molecule has 1 aliphatic rings. The van der Waals surface area contributed by atoms with E-state index in [1.807, 2.05) is 6.92 Å². The van der Waals surface area contributed by atoms with Gasteiger partial charge < -0.3 is 10.6 Å². The highest BCUT2D eigenvalue weighted by Crippen LogP contribution is 2.19. The van der Waals surface area contributed by atoms with Crippen LogP contribution in [0.5, 0.6) is 0 Å². The molecule has 116 valence electrons. The summed E-state index contributed by atoms with van der Waals surface area (Å²) in [5, 5.41) is 6.94. The van der Waals surface area contributed by atoms with Gasteiger partial charge in [-0.2, -0.15) is 0 Å². The van der Waals surface area contributed by atoms with Gasteiger partial charge in [-0.15, -0.1) is 11.8 Å². The minimum atomic E-state index is -0.228. The third kappa shape index (κ3) is 6.06. The normalized spacial score (nSPS) is 17.4. The molecule has 1 atom stereocenters. The summed E-state index contributed by atoms with van der Waals surface area (Å²) in [4.78, 5) is 11.9. The third-order valence-electron chi connectivity index (χ3n) is 3.60. The number of amides is 1. The van der Waals surface area contributed by atoms with Crippen molar-refractivity contribution in [2.45, 2.75) is 37.5 Å². The van der Waals surface area contributed by atoms with Crippen LogP contribution in [0.3, 0.4) is 0 Å². The van der Waals surface area contributed by atoms with Gasteiger partial charge in [0.1, 0.15) is 5.82 Å². The summed E-state index contributed by atoms with van der Waals surface area (Å²) in [7, 11) is 0. The summed E-state index contributed by atoms with van der Waals surface area (Å²) < 4.78 is 12.8. The van der Waals surface area contributed by atoms with E-state index in [-0.39, 0.29) is 17.8 Å². The topological polar surface area (TPSA) is 41.1 Å². The lowest BCUT2D eigenvalue weighted by Crippen LogP contribution is -2.36. The largest absolute Gasteiger partial charge is 0.353 e. The maximum Gasteiger partial charge on any atom is 0.230 e. The molecule has 1 fully saturated rings. The van der Waals surface area contributed by atoms with Crippen molar-refractivity contribution < 1.29 is 9.18 Å². The van der Waals surface area contributed by atoms with E-state index in [9.17, 15) is 9.18 Å². The van der Waals surface area contributed by atoms with E-state index in [1.165, 1.54) is 12.1 Å². The lowest BCUT2D eigenvalue weighted by Gasteiger charge is -2.22. The molecule has 2 N–H and O–H groups in total. The first-order valence-corrected chi connectivity index (χ1v) is 8.54. The van der Waals surface area contributed by atoms with Crippen molar-refractivity contribution in [2.75, 3.05) is 18.8 Å². The van der Waals surface area contributed by atoms with E-state index in [4.69, 9.17) is 0 Å². The molecule has 0 bridgehead atoms. The fourth-order valence-corrected chi connectivity index (χ4v) is 3.54. The van der Waals surface area contributed by atoms with Gasteiger partial charge in [-0.25, -0.2) is 4.39 Å². The summed E-state index contributed by atoms with van der Waals surface area (Å²) in [6.45, 7) is 4.09. The molecule has 21 heavy (non-hydrogen) atoms. The molecular formula is C16H23FN2OS. The monoisotopic (exact) mass is 310 g/mol.